The fraction of sp³-hybridized carbons (Fsp3) is 0.917. The Morgan fingerprint density at radius 3 is 2.50 bits per heavy atom. The maximum absolute atomic E-state index is 11.4. The van der Waals surface area contributed by atoms with Crippen molar-refractivity contribution in [2.24, 2.45) is 0 Å². The largest absolute Gasteiger partial charge is 0.480 e. The third-order valence-corrected chi connectivity index (χ3v) is 3.80. The first-order valence-electron chi connectivity index (χ1n) is 6.13. The van der Waals surface area contributed by atoms with Gasteiger partial charge >= 0.3 is 5.97 Å². The lowest BCUT2D eigenvalue weighted by Crippen LogP contribution is -2.54. The van der Waals surface area contributed by atoms with E-state index in [4.69, 9.17) is 4.74 Å². The molecule has 0 aromatic carbocycles. The maximum atomic E-state index is 11.4. The zero-order valence-corrected chi connectivity index (χ0v) is 10.5. The molecule has 0 radical (unpaired) electrons. The lowest BCUT2D eigenvalue weighted by Gasteiger charge is -2.38. The topological polar surface area (TPSA) is 49.8 Å². The van der Waals surface area contributed by atoms with Crippen LogP contribution in [0.3, 0.4) is 0 Å². The van der Waals surface area contributed by atoms with Gasteiger partial charge in [0.15, 0.2) is 0 Å². The summed E-state index contributed by atoms with van der Waals surface area (Å²) < 4.78 is 5.55. The Hall–Kier alpha value is -0.610. The quantitative estimate of drug-likeness (QED) is 0.753. The summed E-state index contributed by atoms with van der Waals surface area (Å²) in [6.07, 6.45) is 3.61. The van der Waals surface area contributed by atoms with Crippen molar-refractivity contribution in [2.45, 2.75) is 51.2 Å². The molecule has 0 bridgehead atoms. The molecule has 1 unspecified atom stereocenters. The van der Waals surface area contributed by atoms with Gasteiger partial charge in [-0.25, -0.2) is 0 Å². The molecule has 4 heteroatoms. The van der Waals surface area contributed by atoms with Gasteiger partial charge in [0.05, 0.1) is 6.10 Å². The van der Waals surface area contributed by atoms with Crippen LogP contribution in [0.5, 0.6) is 0 Å². The number of ether oxygens (including phenoxy) is 1. The molecule has 0 aromatic heterocycles. The SMILES string of the molecule is CCC(CC)(C(=O)O)N(C)CC1CCCO1. The molecular weight excluding hydrogens is 206 g/mol. The molecule has 1 heterocycles. The number of carbonyl (C=O) groups is 1. The van der Waals surface area contributed by atoms with E-state index < -0.39 is 11.5 Å². The molecule has 0 aromatic rings. The Kier molecular flexibility index (Phi) is 4.74. The molecule has 94 valence electrons. The summed E-state index contributed by atoms with van der Waals surface area (Å²) in [6, 6.07) is 0. The third kappa shape index (κ3) is 2.55. The number of rotatable bonds is 6. The van der Waals surface area contributed by atoms with E-state index in [0.29, 0.717) is 19.4 Å². The molecule has 1 fully saturated rings. The lowest BCUT2D eigenvalue weighted by atomic mass is 9.90. The molecule has 0 saturated carbocycles. The zero-order valence-electron chi connectivity index (χ0n) is 10.5. The Bertz CT molecular complexity index is 232. The van der Waals surface area contributed by atoms with Crippen LogP contribution in [0.2, 0.25) is 0 Å². The van der Waals surface area contributed by atoms with E-state index in [1.54, 1.807) is 0 Å². The van der Waals surface area contributed by atoms with Crippen molar-refractivity contribution in [3.63, 3.8) is 0 Å². The Morgan fingerprint density at radius 2 is 2.12 bits per heavy atom. The van der Waals surface area contributed by atoms with Crippen LogP contribution in [-0.4, -0.2) is 47.8 Å². The van der Waals surface area contributed by atoms with Crippen LogP contribution < -0.4 is 0 Å². The van der Waals surface area contributed by atoms with Crippen molar-refractivity contribution in [1.29, 1.82) is 0 Å². The molecular formula is C12H23NO3. The van der Waals surface area contributed by atoms with Gasteiger partial charge in [0.1, 0.15) is 5.54 Å². The molecule has 0 aliphatic carbocycles. The van der Waals surface area contributed by atoms with Crippen molar-refractivity contribution in [1.82, 2.24) is 4.90 Å². The fourth-order valence-corrected chi connectivity index (χ4v) is 2.52. The second kappa shape index (κ2) is 5.64. The lowest BCUT2D eigenvalue weighted by molar-refractivity contribution is -0.152. The summed E-state index contributed by atoms with van der Waals surface area (Å²) in [7, 11) is 1.89. The van der Waals surface area contributed by atoms with Crippen LogP contribution in [0, 0.1) is 0 Å². The van der Waals surface area contributed by atoms with E-state index in [9.17, 15) is 9.90 Å². The highest BCUT2D eigenvalue weighted by Crippen LogP contribution is 2.25. The van der Waals surface area contributed by atoms with Crippen LogP contribution >= 0.6 is 0 Å². The van der Waals surface area contributed by atoms with E-state index in [1.165, 1.54) is 0 Å². The van der Waals surface area contributed by atoms with Gasteiger partial charge in [-0.3, -0.25) is 9.69 Å². The van der Waals surface area contributed by atoms with Crippen LogP contribution in [0.25, 0.3) is 0 Å². The predicted octanol–water partition coefficient (Wildman–Crippen LogP) is 1.74. The standard InChI is InChI=1S/C12H23NO3/c1-4-12(5-2,11(14)15)13(3)9-10-7-6-8-16-10/h10H,4-9H2,1-3H3,(H,14,15). The molecule has 1 aliphatic heterocycles. The first-order valence-corrected chi connectivity index (χ1v) is 6.13. The third-order valence-electron chi connectivity index (χ3n) is 3.80. The molecule has 1 N–H and O–H groups in total. The minimum atomic E-state index is -0.730. The Morgan fingerprint density at radius 1 is 1.50 bits per heavy atom. The van der Waals surface area contributed by atoms with Gasteiger partial charge < -0.3 is 9.84 Å². The summed E-state index contributed by atoms with van der Waals surface area (Å²) in [5.41, 5.74) is -0.730. The molecule has 1 aliphatic rings. The molecule has 16 heavy (non-hydrogen) atoms. The molecule has 1 rings (SSSR count). The summed E-state index contributed by atoms with van der Waals surface area (Å²) >= 11 is 0. The van der Waals surface area contributed by atoms with Crippen molar-refractivity contribution in [3.8, 4) is 0 Å². The van der Waals surface area contributed by atoms with Gasteiger partial charge in [-0.2, -0.15) is 0 Å². The molecule has 1 saturated heterocycles. The smallest absolute Gasteiger partial charge is 0.324 e. The summed E-state index contributed by atoms with van der Waals surface area (Å²) in [5.74, 6) is -0.724. The number of hydrogen-bond donors (Lipinski definition) is 1. The highest BCUT2D eigenvalue weighted by atomic mass is 16.5. The number of aliphatic carboxylic acids is 1. The first-order chi connectivity index (χ1) is 7.56. The predicted molar refractivity (Wildman–Crippen MR) is 62.6 cm³/mol. The zero-order chi connectivity index (χ0) is 12.2. The summed E-state index contributed by atoms with van der Waals surface area (Å²) in [4.78, 5) is 13.4. The monoisotopic (exact) mass is 229 g/mol. The van der Waals surface area contributed by atoms with E-state index in [2.05, 4.69) is 0 Å². The summed E-state index contributed by atoms with van der Waals surface area (Å²) in [6.45, 7) is 5.40. The van der Waals surface area contributed by atoms with E-state index in [1.807, 2.05) is 25.8 Å². The van der Waals surface area contributed by atoms with Gasteiger partial charge in [0, 0.05) is 13.2 Å². The normalized spacial score (nSPS) is 21.6. The van der Waals surface area contributed by atoms with Gasteiger partial charge in [0.2, 0.25) is 0 Å². The van der Waals surface area contributed by atoms with Gasteiger partial charge in [-0.1, -0.05) is 13.8 Å². The second-order valence-corrected chi connectivity index (χ2v) is 4.56. The van der Waals surface area contributed by atoms with Gasteiger partial charge in [-0.05, 0) is 32.7 Å². The van der Waals surface area contributed by atoms with Crippen molar-refractivity contribution >= 4 is 5.97 Å². The molecule has 4 nitrogen and oxygen atoms in total. The van der Waals surface area contributed by atoms with Crippen molar-refractivity contribution < 1.29 is 14.6 Å². The average molecular weight is 229 g/mol. The van der Waals surface area contributed by atoms with E-state index >= 15 is 0 Å². The van der Waals surface area contributed by atoms with Gasteiger partial charge in [-0.15, -0.1) is 0 Å². The Labute approximate surface area is 97.6 Å². The number of carboxylic acids is 1. The minimum Gasteiger partial charge on any atom is -0.480 e. The minimum absolute atomic E-state index is 0.210. The number of hydrogen-bond acceptors (Lipinski definition) is 3. The van der Waals surface area contributed by atoms with Crippen molar-refractivity contribution in [3.05, 3.63) is 0 Å². The highest BCUT2D eigenvalue weighted by molar-refractivity contribution is 5.78. The number of carboxylic acid groups (broad SMARTS) is 1. The first kappa shape index (κ1) is 13.5. The number of likely N-dealkylation sites (N-methyl/N-ethyl adjacent to an activating group) is 1. The van der Waals surface area contributed by atoms with E-state index in [0.717, 1.165) is 19.4 Å². The average Bonchev–Trinajstić information content (AvgIpc) is 2.72. The van der Waals surface area contributed by atoms with E-state index in [-0.39, 0.29) is 6.10 Å². The summed E-state index contributed by atoms with van der Waals surface area (Å²) in [5, 5.41) is 9.39. The second-order valence-electron chi connectivity index (χ2n) is 4.56. The Balaban J connectivity index is 2.66. The van der Waals surface area contributed by atoms with Crippen LogP contribution in [0.1, 0.15) is 39.5 Å². The van der Waals surface area contributed by atoms with Gasteiger partial charge in [0.25, 0.3) is 0 Å². The highest BCUT2D eigenvalue weighted by Gasteiger charge is 2.40. The van der Waals surface area contributed by atoms with Crippen LogP contribution in [-0.2, 0) is 9.53 Å². The van der Waals surface area contributed by atoms with Crippen LogP contribution in [0.15, 0.2) is 0 Å². The van der Waals surface area contributed by atoms with Crippen molar-refractivity contribution in [2.75, 3.05) is 20.2 Å². The maximum Gasteiger partial charge on any atom is 0.324 e. The molecule has 0 amide bonds. The molecule has 1 atom stereocenters. The molecule has 0 spiro atoms. The van der Waals surface area contributed by atoms with Crippen LogP contribution in [0.4, 0.5) is 0 Å². The number of nitrogens with zero attached hydrogens (tertiary/aromatic N) is 1. The fourth-order valence-electron chi connectivity index (χ4n) is 2.52.